The monoisotopic (exact) mass is 270 g/mol. The highest BCUT2D eigenvalue weighted by molar-refractivity contribution is 5.81. The fourth-order valence-corrected chi connectivity index (χ4v) is 1.95. The van der Waals surface area contributed by atoms with E-state index in [0.29, 0.717) is 12.0 Å². The summed E-state index contributed by atoms with van der Waals surface area (Å²) in [4.78, 5) is 23.1. The number of carbonyl (C=O) groups is 1. The molecule has 0 aliphatic rings. The number of nitro groups is 1. The molecule has 102 valence electrons. The van der Waals surface area contributed by atoms with Crippen molar-refractivity contribution in [1.29, 1.82) is 0 Å². The maximum absolute atomic E-state index is 11.1. The first kappa shape index (κ1) is 13.7. The van der Waals surface area contributed by atoms with Crippen LogP contribution in [0.3, 0.4) is 0 Å². The molecule has 0 heterocycles. The maximum Gasteiger partial charge on any atom is 0.293 e. The summed E-state index contributed by atoms with van der Waals surface area (Å²) in [5, 5.41) is 11.1. The van der Waals surface area contributed by atoms with Crippen molar-refractivity contribution in [3.05, 3.63) is 63.7 Å². The molecule has 0 saturated carbocycles. The maximum atomic E-state index is 11.1. The zero-order chi connectivity index (χ0) is 14.7. The van der Waals surface area contributed by atoms with Crippen LogP contribution < -0.4 is 4.90 Å². The number of hydrogen-bond acceptors (Lipinski definition) is 4. The number of aryl methyl sites for hydroxylation is 1. The van der Waals surface area contributed by atoms with Gasteiger partial charge in [-0.15, -0.1) is 0 Å². The normalized spacial score (nSPS) is 10.1. The Morgan fingerprint density at radius 1 is 1.15 bits per heavy atom. The Balaban J connectivity index is 2.48. The van der Waals surface area contributed by atoms with Gasteiger partial charge in [0.25, 0.3) is 5.69 Å². The highest BCUT2D eigenvalue weighted by Crippen LogP contribution is 2.32. The molecule has 0 bridgehead atoms. The molecule has 2 aromatic carbocycles. The Hall–Kier alpha value is -2.69. The molecule has 0 fully saturated rings. The molecule has 0 aromatic heterocycles. The van der Waals surface area contributed by atoms with Gasteiger partial charge < -0.3 is 4.90 Å². The van der Waals surface area contributed by atoms with Crippen molar-refractivity contribution in [3.63, 3.8) is 0 Å². The summed E-state index contributed by atoms with van der Waals surface area (Å²) in [7, 11) is 1.76. The van der Waals surface area contributed by atoms with Gasteiger partial charge in [0.15, 0.2) is 0 Å². The van der Waals surface area contributed by atoms with Gasteiger partial charge in [0, 0.05) is 24.4 Å². The van der Waals surface area contributed by atoms with Crippen molar-refractivity contribution in [2.75, 3.05) is 11.9 Å². The molecule has 0 spiro atoms. The van der Waals surface area contributed by atoms with Crippen molar-refractivity contribution in [2.24, 2.45) is 0 Å². The van der Waals surface area contributed by atoms with E-state index in [9.17, 15) is 14.9 Å². The molecule has 0 saturated heterocycles. The van der Waals surface area contributed by atoms with Gasteiger partial charge in [-0.3, -0.25) is 14.9 Å². The Bertz CT molecular complexity index is 651. The van der Waals surface area contributed by atoms with Crippen LogP contribution in [0.2, 0.25) is 0 Å². The van der Waals surface area contributed by atoms with Crippen LogP contribution in [0, 0.1) is 17.0 Å². The lowest BCUT2D eigenvalue weighted by molar-refractivity contribution is -0.384. The zero-order valence-electron chi connectivity index (χ0n) is 11.2. The number of anilines is 2. The molecule has 2 aromatic rings. The van der Waals surface area contributed by atoms with E-state index in [0.717, 1.165) is 11.3 Å². The van der Waals surface area contributed by atoms with Crippen molar-refractivity contribution in [2.45, 2.75) is 6.92 Å². The number of hydrogen-bond donors (Lipinski definition) is 0. The van der Waals surface area contributed by atoms with Crippen molar-refractivity contribution < 1.29 is 9.72 Å². The van der Waals surface area contributed by atoms with Gasteiger partial charge in [-0.05, 0) is 31.2 Å². The Kier molecular flexibility index (Phi) is 3.79. The minimum atomic E-state index is -0.479. The molecule has 5 heteroatoms. The van der Waals surface area contributed by atoms with Crippen LogP contribution in [0.25, 0.3) is 0 Å². The number of nitro benzene ring substituents is 1. The third kappa shape index (κ3) is 2.66. The standard InChI is InChI=1S/C15H14N2O3/c1-11-3-6-13(7-4-11)16(2)14-8-5-12(10-18)9-15(14)17(19)20/h3-10H,1-2H3. The highest BCUT2D eigenvalue weighted by atomic mass is 16.6. The average molecular weight is 270 g/mol. The lowest BCUT2D eigenvalue weighted by Gasteiger charge is -2.19. The third-order valence-corrected chi connectivity index (χ3v) is 3.11. The van der Waals surface area contributed by atoms with E-state index in [4.69, 9.17) is 0 Å². The van der Waals surface area contributed by atoms with Gasteiger partial charge in [0.1, 0.15) is 12.0 Å². The first-order chi connectivity index (χ1) is 9.52. The lowest BCUT2D eigenvalue weighted by atomic mass is 10.1. The topological polar surface area (TPSA) is 63.5 Å². The minimum Gasteiger partial charge on any atom is -0.339 e. The molecule has 0 radical (unpaired) electrons. The largest absolute Gasteiger partial charge is 0.339 e. The smallest absolute Gasteiger partial charge is 0.293 e. The Morgan fingerprint density at radius 3 is 2.35 bits per heavy atom. The molecule has 0 N–H and O–H groups in total. The molecular weight excluding hydrogens is 256 g/mol. The molecule has 0 aliphatic carbocycles. The van der Waals surface area contributed by atoms with E-state index >= 15 is 0 Å². The second kappa shape index (κ2) is 5.52. The molecule has 0 unspecified atom stereocenters. The highest BCUT2D eigenvalue weighted by Gasteiger charge is 2.18. The van der Waals surface area contributed by atoms with Gasteiger partial charge in [-0.25, -0.2) is 0 Å². The van der Waals surface area contributed by atoms with E-state index in [2.05, 4.69) is 0 Å². The predicted molar refractivity (Wildman–Crippen MR) is 77.7 cm³/mol. The number of rotatable bonds is 4. The van der Waals surface area contributed by atoms with Crippen LogP contribution in [0.4, 0.5) is 17.1 Å². The summed E-state index contributed by atoms with van der Waals surface area (Å²) in [5.74, 6) is 0. The number of benzene rings is 2. The number of carbonyl (C=O) groups excluding carboxylic acids is 1. The quantitative estimate of drug-likeness (QED) is 0.484. The second-order valence-electron chi connectivity index (χ2n) is 4.52. The zero-order valence-corrected chi connectivity index (χ0v) is 11.2. The van der Waals surface area contributed by atoms with Gasteiger partial charge in [-0.2, -0.15) is 0 Å². The average Bonchev–Trinajstić information content (AvgIpc) is 2.46. The van der Waals surface area contributed by atoms with E-state index < -0.39 is 4.92 Å². The summed E-state index contributed by atoms with van der Waals surface area (Å²) < 4.78 is 0. The lowest BCUT2D eigenvalue weighted by Crippen LogP contribution is -2.11. The van der Waals surface area contributed by atoms with Crippen molar-refractivity contribution in [1.82, 2.24) is 0 Å². The molecule has 5 nitrogen and oxygen atoms in total. The summed E-state index contributed by atoms with van der Waals surface area (Å²) >= 11 is 0. The fourth-order valence-electron chi connectivity index (χ4n) is 1.95. The number of nitrogens with zero attached hydrogens (tertiary/aromatic N) is 2. The van der Waals surface area contributed by atoms with Gasteiger partial charge in [0.2, 0.25) is 0 Å². The van der Waals surface area contributed by atoms with Crippen LogP contribution in [0.15, 0.2) is 42.5 Å². The van der Waals surface area contributed by atoms with Crippen LogP contribution in [-0.2, 0) is 0 Å². The summed E-state index contributed by atoms with van der Waals surface area (Å²) in [6.45, 7) is 1.98. The predicted octanol–water partition coefficient (Wildman–Crippen LogP) is 3.48. The third-order valence-electron chi connectivity index (χ3n) is 3.11. The van der Waals surface area contributed by atoms with E-state index in [1.54, 1.807) is 24.1 Å². The molecular formula is C15H14N2O3. The summed E-state index contributed by atoms with van der Waals surface area (Å²) in [5.41, 5.74) is 2.62. The summed E-state index contributed by atoms with van der Waals surface area (Å²) in [6, 6.07) is 12.1. The van der Waals surface area contributed by atoms with Crippen LogP contribution in [-0.4, -0.2) is 18.3 Å². The second-order valence-corrected chi connectivity index (χ2v) is 4.52. The fraction of sp³-hybridized carbons (Fsp3) is 0.133. The molecule has 2 rings (SSSR count). The molecule has 20 heavy (non-hydrogen) atoms. The van der Waals surface area contributed by atoms with Crippen LogP contribution >= 0.6 is 0 Å². The molecule has 0 amide bonds. The van der Waals surface area contributed by atoms with Crippen LogP contribution in [0.1, 0.15) is 15.9 Å². The number of aldehydes is 1. The van der Waals surface area contributed by atoms with E-state index in [1.165, 1.54) is 6.07 Å². The SMILES string of the molecule is Cc1ccc(N(C)c2ccc(C=O)cc2[N+](=O)[O-])cc1. The van der Waals surface area contributed by atoms with Gasteiger partial charge >= 0.3 is 0 Å². The Morgan fingerprint density at radius 2 is 1.80 bits per heavy atom. The van der Waals surface area contributed by atoms with Crippen molar-refractivity contribution >= 4 is 23.3 Å². The first-order valence-corrected chi connectivity index (χ1v) is 6.07. The first-order valence-electron chi connectivity index (χ1n) is 6.07. The van der Waals surface area contributed by atoms with Crippen LogP contribution in [0.5, 0.6) is 0 Å². The summed E-state index contributed by atoms with van der Waals surface area (Å²) in [6.07, 6.45) is 0.600. The van der Waals surface area contributed by atoms with E-state index in [-0.39, 0.29) is 11.3 Å². The molecule has 0 aliphatic heterocycles. The molecule has 0 atom stereocenters. The van der Waals surface area contributed by atoms with Crippen molar-refractivity contribution in [3.8, 4) is 0 Å². The van der Waals surface area contributed by atoms with E-state index in [1.807, 2.05) is 31.2 Å². The Labute approximate surface area is 116 Å². The van der Waals surface area contributed by atoms with Gasteiger partial charge in [0.05, 0.1) is 4.92 Å². The van der Waals surface area contributed by atoms with Gasteiger partial charge in [-0.1, -0.05) is 17.7 Å². The minimum absolute atomic E-state index is 0.0855.